The summed E-state index contributed by atoms with van der Waals surface area (Å²) < 4.78 is 5.09. The molecule has 2 aromatic rings. The van der Waals surface area contributed by atoms with Crippen molar-refractivity contribution in [2.45, 2.75) is 6.92 Å². The van der Waals surface area contributed by atoms with E-state index in [0.717, 1.165) is 11.3 Å². The first-order valence-electron chi connectivity index (χ1n) is 4.87. The molecule has 2 nitrogen and oxygen atoms in total. The summed E-state index contributed by atoms with van der Waals surface area (Å²) in [6.07, 6.45) is 0. The van der Waals surface area contributed by atoms with E-state index in [1.807, 2.05) is 18.2 Å². The number of hydrogen-bond acceptors (Lipinski definition) is 2. The van der Waals surface area contributed by atoms with Crippen molar-refractivity contribution in [2.75, 3.05) is 7.11 Å². The molecule has 15 heavy (non-hydrogen) atoms. The van der Waals surface area contributed by atoms with Gasteiger partial charge in [-0.1, -0.05) is 35.9 Å². The lowest BCUT2D eigenvalue weighted by molar-refractivity contribution is 0.398. The van der Waals surface area contributed by atoms with Crippen LogP contribution in [0.25, 0.3) is 11.3 Å². The van der Waals surface area contributed by atoms with Crippen molar-refractivity contribution < 1.29 is 4.74 Å². The van der Waals surface area contributed by atoms with Gasteiger partial charge in [-0.2, -0.15) is 0 Å². The van der Waals surface area contributed by atoms with Gasteiger partial charge in [0.1, 0.15) is 0 Å². The SMILES string of the molecule is COc1cccc(-c2ccc(C)cc2)n1. The van der Waals surface area contributed by atoms with Crippen molar-refractivity contribution in [3.05, 3.63) is 48.0 Å². The maximum Gasteiger partial charge on any atom is 0.213 e. The van der Waals surface area contributed by atoms with Crippen LogP contribution in [0.5, 0.6) is 5.88 Å². The van der Waals surface area contributed by atoms with Gasteiger partial charge in [-0.05, 0) is 13.0 Å². The average molecular weight is 199 g/mol. The molecule has 76 valence electrons. The molecule has 2 heteroatoms. The summed E-state index contributed by atoms with van der Waals surface area (Å²) in [4.78, 5) is 4.37. The number of nitrogens with zero attached hydrogens (tertiary/aromatic N) is 1. The van der Waals surface area contributed by atoms with Crippen LogP contribution in [0.1, 0.15) is 5.56 Å². The molecular formula is C13H13NO. The van der Waals surface area contributed by atoms with Gasteiger partial charge in [0.25, 0.3) is 0 Å². The molecule has 1 aromatic carbocycles. The number of rotatable bonds is 2. The van der Waals surface area contributed by atoms with E-state index in [9.17, 15) is 0 Å². The average Bonchev–Trinajstić information content (AvgIpc) is 2.30. The van der Waals surface area contributed by atoms with E-state index in [0.29, 0.717) is 5.88 Å². The second-order valence-corrected chi connectivity index (χ2v) is 3.43. The van der Waals surface area contributed by atoms with E-state index in [1.165, 1.54) is 5.56 Å². The van der Waals surface area contributed by atoms with Crippen LogP contribution in [-0.4, -0.2) is 12.1 Å². The first-order chi connectivity index (χ1) is 7.29. The Hall–Kier alpha value is -1.83. The van der Waals surface area contributed by atoms with Gasteiger partial charge in [-0.3, -0.25) is 0 Å². The van der Waals surface area contributed by atoms with Crippen molar-refractivity contribution in [1.82, 2.24) is 4.98 Å². The second-order valence-electron chi connectivity index (χ2n) is 3.43. The van der Waals surface area contributed by atoms with Crippen molar-refractivity contribution in [3.8, 4) is 17.1 Å². The number of pyridine rings is 1. The molecule has 0 atom stereocenters. The number of benzene rings is 1. The summed E-state index contributed by atoms with van der Waals surface area (Å²) in [7, 11) is 1.63. The molecule has 0 amide bonds. The lowest BCUT2D eigenvalue weighted by Gasteiger charge is -2.03. The molecule has 2 rings (SSSR count). The Bertz CT molecular complexity index is 448. The highest BCUT2D eigenvalue weighted by atomic mass is 16.5. The van der Waals surface area contributed by atoms with Gasteiger partial charge in [-0.25, -0.2) is 4.98 Å². The van der Waals surface area contributed by atoms with Gasteiger partial charge in [0.2, 0.25) is 5.88 Å². The number of hydrogen-bond donors (Lipinski definition) is 0. The van der Waals surface area contributed by atoms with Gasteiger partial charge < -0.3 is 4.74 Å². The molecule has 0 radical (unpaired) electrons. The molecule has 0 spiro atoms. The molecule has 0 bridgehead atoms. The Balaban J connectivity index is 2.40. The minimum absolute atomic E-state index is 0.646. The van der Waals surface area contributed by atoms with Gasteiger partial charge in [0.05, 0.1) is 12.8 Å². The number of aryl methyl sites for hydroxylation is 1. The fourth-order valence-corrected chi connectivity index (χ4v) is 1.41. The van der Waals surface area contributed by atoms with Gasteiger partial charge in [0.15, 0.2) is 0 Å². The summed E-state index contributed by atoms with van der Waals surface area (Å²) in [5, 5.41) is 0. The monoisotopic (exact) mass is 199 g/mol. The van der Waals surface area contributed by atoms with Crippen molar-refractivity contribution >= 4 is 0 Å². The molecule has 0 fully saturated rings. The topological polar surface area (TPSA) is 22.1 Å². The predicted octanol–water partition coefficient (Wildman–Crippen LogP) is 3.07. The van der Waals surface area contributed by atoms with Crippen LogP contribution < -0.4 is 4.74 Å². The normalized spacial score (nSPS) is 10.0. The first kappa shape index (κ1) is 9.71. The highest BCUT2D eigenvalue weighted by Gasteiger charge is 1.99. The summed E-state index contributed by atoms with van der Waals surface area (Å²) >= 11 is 0. The summed E-state index contributed by atoms with van der Waals surface area (Å²) in [6, 6.07) is 14.1. The molecule has 0 aliphatic heterocycles. The van der Waals surface area contributed by atoms with Crippen molar-refractivity contribution in [2.24, 2.45) is 0 Å². The highest BCUT2D eigenvalue weighted by molar-refractivity contribution is 5.59. The van der Waals surface area contributed by atoms with Crippen LogP contribution in [0.2, 0.25) is 0 Å². The first-order valence-corrected chi connectivity index (χ1v) is 4.87. The van der Waals surface area contributed by atoms with E-state index in [4.69, 9.17) is 4.74 Å². The zero-order valence-corrected chi connectivity index (χ0v) is 8.90. The Labute approximate surface area is 89.6 Å². The molecule has 0 aliphatic carbocycles. The van der Waals surface area contributed by atoms with E-state index in [2.05, 4.69) is 36.2 Å². The third-order valence-corrected chi connectivity index (χ3v) is 2.28. The van der Waals surface area contributed by atoms with Gasteiger partial charge >= 0.3 is 0 Å². The van der Waals surface area contributed by atoms with Crippen LogP contribution in [0.3, 0.4) is 0 Å². The Morgan fingerprint density at radius 1 is 1.00 bits per heavy atom. The summed E-state index contributed by atoms with van der Waals surface area (Å²) in [5.41, 5.74) is 3.30. The van der Waals surface area contributed by atoms with Gasteiger partial charge in [-0.15, -0.1) is 0 Å². The minimum Gasteiger partial charge on any atom is -0.481 e. The maximum absolute atomic E-state index is 5.09. The third-order valence-electron chi connectivity index (χ3n) is 2.28. The van der Waals surface area contributed by atoms with Crippen LogP contribution in [0.15, 0.2) is 42.5 Å². The molecular weight excluding hydrogens is 186 g/mol. The zero-order valence-electron chi connectivity index (χ0n) is 8.90. The molecule has 0 unspecified atom stereocenters. The highest BCUT2D eigenvalue weighted by Crippen LogP contribution is 2.19. The molecule has 0 aliphatic rings. The zero-order chi connectivity index (χ0) is 10.7. The number of aromatic nitrogens is 1. The summed E-state index contributed by atoms with van der Waals surface area (Å²) in [6.45, 7) is 2.07. The van der Waals surface area contributed by atoms with Crippen LogP contribution in [-0.2, 0) is 0 Å². The molecule has 1 aromatic heterocycles. The minimum atomic E-state index is 0.646. The second kappa shape index (κ2) is 4.13. The molecule has 0 saturated heterocycles. The predicted molar refractivity (Wildman–Crippen MR) is 61.0 cm³/mol. The maximum atomic E-state index is 5.09. The van der Waals surface area contributed by atoms with E-state index in [-0.39, 0.29) is 0 Å². The Morgan fingerprint density at radius 2 is 1.73 bits per heavy atom. The summed E-state index contributed by atoms with van der Waals surface area (Å²) in [5.74, 6) is 0.646. The van der Waals surface area contributed by atoms with Crippen LogP contribution in [0, 0.1) is 6.92 Å². The number of methoxy groups -OCH3 is 1. The van der Waals surface area contributed by atoms with Gasteiger partial charge in [0, 0.05) is 11.6 Å². The fourth-order valence-electron chi connectivity index (χ4n) is 1.41. The van der Waals surface area contributed by atoms with Crippen LogP contribution >= 0.6 is 0 Å². The fraction of sp³-hybridized carbons (Fsp3) is 0.154. The standard InChI is InChI=1S/C13H13NO/c1-10-6-8-11(9-7-10)12-4-3-5-13(14-12)15-2/h3-9H,1-2H3. The largest absolute Gasteiger partial charge is 0.481 e. The molecule has 0 saturated carbocycles. The lowest BCUT2D eigenvalue weighted by Crippen LogP contribution is -1.89. The van der Waals surface area contributed by atoms with Crippen molar-refractivity contribution in [1.29, 1.82) is 0 Å². The third kappa shape index (κ3) is 2.15. The quantitative estimate of drug-likeness (QED) is 0.741. The van der Waals surface area contributed by atoms with Crippen molar-refractivity contribution in [3.63, 3.8) is 0 Å². The van der Waals surface area contributed by atoms with E-state index in [1.54, 1.807) is 7.11 Å². The molecule has 0 N–H and O–H groups in total. The smallest absolute Gasteiger partial charge is 0.213 e. The molecule has 1 heterocycles. The Kier molecular flexibility index (Phi) is 2.68. The van der Waals surface area contributed by atoms with Crippen LogP contribution in [0.4, 0.5) is 0 Å². The lowest BCUT2D eigenvalue weighted by atomic mass is 10.1. The van der Waals surface area contributed by atoms with E-state index < -0.39 is 0 Å². The van der Waals surface area contributed by atoms with E-state index >= 15 is 0 Å². The Morgan fingerprint density at radius 3 is 2.40 bits per heavy atom. The number of ether oxygens (including phenoxy) is 1.